The molecule has 2 nitrogen and oxygen atoms in total. The normalized spacial score (nSPS) is 22.1. The third kappa shape index (κ3) is 0.774. The first kappa shape index (κ1) is 6.89. The number of nitrogens with one attached hydrogen (secondary N) is 1. The van der Waals surface area contributed by atoms with Crippen LogP contribution >= 0.6 is 15.9 Å². The highest BCUT2D eigenvalue weighted by atomic mass is 79.9. The van der Waals surface area contributed by atoms with Gasteiger partial charge in [0.1, 0.15) is 0 Å². The summed E-state index contributed by atoms with van der Waals surface area (Å²) in [5, 5.41) is 3.40. The molecule has 0 amide bonds. The Labute approximate surface area is 79.5 Å². The Morgan fingerprint density at radius 2 is 2.33 bits per heavy atom. The number of pyridine rings is 1. The van der Waals surface area contributed by atoms with Gasteiger partial charge < -0.3 is 5.32 Å². The number of rotatable bonds is 0. The molecule has 1 spiro atoms. The second-order valence-corrected chi connectivity index (χ2v) is 4.60. The van der Waals surface area contributed by atoms with E-state index in [0.29, 0.717) is 5.41 Å². The Hall–Kier alpha value is -0.570. The smallest absolute Gasteiger partial charge is 0.0714 e. The van der Waals surface area contributed by atoms with E-state index in [1.807, 2.05) is 6.20 Å². The van der Waals surface area contributed by atoms with Crippen LogP contribution in [0.5, 0.6) is 0 Å². The van der Waals surface area contributed by atoms with Crippen LogP contribution in [0.3, 0.4) is 0 Å². The summed E-state index contributed by atoms with van der Waals surface area (Å²) in [6.07, 6.45) is 4.51. The minimum absolute atomic E-state index is 0.427. The van der Waals surface area contributed by atoms with Gasteiger partial charge in [-0.2, -0.15) is 0 Å². The molecule has 2 aliphatic rings. The molecule has 0 saturated heterocycles. The number of fused-ring (bicyclic) bond motifs is 2. The quantitative estimate of drug-likeness (QED) is 0.732. The molecule has 62 valence electrons. The zero-order valence-corrected chi connectivity index (χ0v) is 8.19. The highest BCUT2D eigenvalue weighted by molar-refractivity contribution is 9.10. The summed E-state index contributed by atoms with van der Waals surface area (Å²) in [4.78, 5) is 4.46. The zero-order valence-electron chi connectivity index (χ0n) is 6.60. The van der Waals surface area contributed by atoms with Crippen LogP contribution in [-0.2, 0) is 5.41 Å². The predicted octanol–water partition coefficient (Wildman–Crippen LogP) is 2.30. The standard InChI is InChI=1S/C9H9BrN2/c10-6-3-7-8(11-4-6)9(1-2-9)5-12-7/h3-4,12H,1-2,5H2. The molecule has 1 aliphatic carbocycles. The van der Waals surface area contributed by atoms with Gasteiger partial charge >= 0.3 is 0 Å². The fraction of sp³-hybridized carbons (Fsp3) is 0.444. The maximum Gasteiger partial charge on any atom is 0.0714 e. The Kier molecular flexibility index (Phi) is 1.16. The Morgan fingerprint density at radius 3 is 3.08 bits per heavy atom. The van der Waals surface area contributed by atoms with E-state index in [1.165, 1.54) is 24.2 Å². The van der Waals surface area contributed by atoms with E-state index in [1.54, 1.807) is 0 Å². The molecule has 12 heavy (non-hydrogen) atoms. The van der Waals surface area contributed by atoms with Crippen molar-refractivity contribution in [2.75, 3.05) is 11.9 Å². The number of nitrogens with zero attached hydrogens (tertiary/aromatic N) is 1. The number of hydrogen-bond acceptors (Lipinski definition) is 2. The molecule has 1 aromatic heterocycles. The molecule has 0 bridgehead atoms. The first-order valence-corrected chi connectivity index (χ1v) is 4.99. The first-order chi connectivity index (χ1) is 5.80. The number of hydrogen-bond donors (Lipinski definition) is 1. The highest BCUT2D eigenvalue weighted by Gasteiger charge is 2.50. The summed E-state index contributed by atoms with van der Waals surface area (Å²) in [5.41, 5.74) is 2.93. The lowest BCUT2D eigenvalue weighted by atomic mass is 10.1. The van der Waals surface area contributed by atoms with E-state index in [9.17, 15) is 0 Å². The number of halogens is 1. The maximum atomic E-state index is 4.46. The second kappa shape index (κ2) is 2.02. The van der Waals surface area contributed by atoms with Crippen molar-refractivity contribution in [3.05, 3.63) is 22.4 Å². The third-order valence-corrected chi connectivity index (χ3v) is 3.26. The summed E-state index contributed by atoms with van der Waals surface area (Å²) in [6, 6.07) is 2.12. The molecule has 2 heterocycles. The second-order valence-electron chi connectivity index (χ2n) is 3.68. The van der Waals surface area contributed by atoms with Crippen molar-refractivity contribution in [2.24, 2.45) is 0 Å². The molecule has 1 aliphatic heterocycles. The van der Waals surface area contributed by atoms with Crippen LogP contribution < -0.4 is 5.32 Å². The van der Waals surface area contributed by atoms with Gasteiger partial charge in [-0.25, -0.2) is 0 Å². The minimum Gasteiger partial charge on any atom is -0.383 e. The van der Waals surface area contributed by atoms with E-state index in [0.717, 1.165) is 11.0 Å². The zero-order chi connectivity index (χ0) is 8.18. The average molecular weight is 225 g/mol. The molecule has 3 heteroatoms. The Balaban J connectivity index is 2.18. The van der Waals surface area contributed by atoms with Gasteiger partial charge in [0.05, 0.1) is 11.4 Å². The van der Waals surface area contributed by atoms with Crippen molar-refractivity contribution in [3.8, 4) is 0 Å². The number of anilines is 1. The van der Waals surface area contributed by atoms with Crippen LogP contribution in [0.2, 0.25) is 0 Å². The van der Waals surface area contributed by atoms with Gasteiger partial charge in [0.15, 0.2) is 0 Å². The first-order valence-electron chi connectivity index (χ1n) is 4.20. The van der Waals surface area contributed by atoms with E-state index < -0.39 is 0 Å². The van der Waals surface area contributed by atoms with Gasteiger partial charge in [-0.05, 0) is 34.8 Å². The summed E-state index contributed by atoms with van der Waals surface area (Å²) >= 11 is 3.42. The molecule has 1 N–H and O–H groups in total. The van der Waals surface area contributed by atoms with Gasteiger partial charge in [-0.15, -0.1) is 0 Å². The maximum absolute atomic E-state index is 4.46. The summed E-state index contributed by atoms with van der Waals surface area (Å²) in [5.74, 6) is 0. The van der Waals surface area contributed by atoms with Crippen molar-refractivity contribution in [2.45, 2.75) is 18.3 Å². The van der Waals surface area contributed by atoms with E-state index >= 15 is 0 Å². The largest absolute Gasteiger partial charge is 0.383 e. The molecule has 1 fully saturated rings. The van der Waals surface area contributed by atoms with Gasteiger partial charge in [0, 0.05) is 22.6 Å². The third-order valence-electron chi connectivity index (χ3n) is 2.83. The summed E-state index contributed by atoms with van der Waals surface area (Å²) in [6.45, 7) is 1.09. The fourth-order valence-electron chi connectivity index (χ4n) is 1.91. The molecular formula is C9H9BrN2. The topological polar surface area (TPSA) is 24.9 Å². The highest BCUT2D eigenvalue weighted by Crippen LogP contribution is 2.53. The molecule has 0 atom stereocenters. The van der Waals surface area contributed by atoms with Gasteiger partial charge in [-0.1, -0.05) is 0 Å². The monoisotopic (exact) mass is 224 g/mol. The summed E-state index contributed by atoms with van der Waals surface area (Å²) < 4.78 is 1.06. The summed E-state index contributed by atoms with van der Waals surface area (Å²) in [7, 11) is 0. The lowest BCUT2D eigenvalue weighted by Gasteiger charge is -2.03. The Morgan fingerprint density at radius 1 is 1.50 bits per heavy atom. The molecule has 0 radical (unpaired) electrons. The molecular weight excluding hydrogens is 216 g/mol. The molecule has 0 unspecified atom stereocenters. The lowest BCUT2D eigenvalue weighted by Crippen LogP contribution is -2.09. The van der Waals surface area contributed by atoms with Crippen LogP contribution in [0.1, 0.15) is 18.5 Å². The van der Waals surface area contributed by atoms with E-state index in [2.05, 4.69) is 32.3 Å². The van der Waals surface area contributed by atoms with Gasteiger partial charge in [0.2, 0.25) is 0 Å². The molecule has 1 aromatic rings. The number of aromatic nitrogens is 1. The SMILES string of the molecule is Brc1cnc2c(c1)NCC21CC1. The lowest BCUT2D eigenvalue weighted by molar-refractivity contribution is 0.749. The van der Waals surface area contributed by atoms with Crippen LogP contribution in [0.4, 0.5) is 5.69 Å². The average Bonchev–Trinajstić information content (AvgIpc) is 2.73. The van der Waals surface area contributed by atoms with Crippen molar-refractivity contribution in [1.29, 1.82) is 0 Å². The van der Waals surface area contributed by atoms with Crippen LogP contribution in [-0.4, -0.2) is 11.5 Å². The molecule has 1 saturated carbocycles. The van der Waals surface area contributed by atoms with Gasteiger partial charge in [0.25, 0.3) is 0 Å². The van der Waals surface area contributed by atoms with Crippen molar-refractivity contribution in [1.82, 2.24) is 4.98 Å². The predicted molar refractivity (Wildman–Crippen MR) is 51.3 cm³/mol. The van der Waals surface area contributed by atoms with Gasteiger partial charge in [-0.3, -0.25) is 4.98 Å². The van der Waals surface area contributed by atoms with E-state index in [4.69, 9.17) is 0 Å². The van der Waals surface area contributed by atoms with Crippen LogP contribution in [0.25, 0.3) is 0 Å². The van der Waals surface area contributed by atoms with Crippen LogP contribution in [0.15, 0.2) is 16.7 Å². The van der Waals surface area contributed by atoms with Crippen LogP contribution in [0, 0.1) is 0 Å². The molecule has 0 aromatic carbocycles. The van der Waals surface area contributed by atoms with Crippen molar-refractivity contribution >= 4 is 21.6 Å². The minimum atomic E-state index is 0.427. The van der Waals surface area contributed by atoms with Crippen molar-refractivity contribution < 1.29 is 0 Å². The Bertz CT molecular complexity index is 344. The fourth-order valence-corrected chi connectivity index (χ4v) is 2.24. The van der Waals surface area contributed by atoms with E-state index in [-0.39, 0.29) is 0 Å². The molecule has 3 rings (SSSR count). The van der Waals surface area contributed by atoms with Crippen molar-refractivity contribution in [3.63, 3.8) is 0 Å².